The van der Waals surface area contributed by atoms with Crippen molar-refractivity contribution in [3.63, 3.8) is 0 Å². The zero-order valence-corrected chi connectivity index (χ0v) is 12.2. The van der Waals surface area contributed by atoms with E-state index in [0.29, 0.717) is 17.2 Å². The van der Waals surface area contributed by atoms with E-state index in [2.05, 4.69) is 5.32 Å². The molecule has 1 aliphatic rings. The van der Waals surface area contributed by atoms with Gasteiger partial charge in [-0.25, -0.2) is 0 Å². The Labute approximate surface area is 120 Å². The quantitative estimate of drug-likeness (QED) is 0.824. The summed E-state index contributed by atoms with van der Waals surface area (Å²) in [5.41, 5.74) is 8.13. The van der Waals surface area contributed by atoms with Gasteiger partial charge in [-0.3, -0.25) is 4.79 Å². The van der Waals surface area contributed by atoms with Crippen molar-refractivity contribution in [1.82, 2.24) is 4.90 Å². The number of nitrogens with one attached hydrogen (secondary N) is 1. The van der Waals surface area contributed by atoms with Crippen LogP contribution in [0.2, 0.25) is 0 Å². The Balaban J connectivity index is 2.02. The Bertz CT molecular complexity index is 468. The Morgan fingerprint density at radius 2 is 2.10 bits per heavy atom. The van der Waals surface area contributed by atoms with Gasteiger partial charge in [-0.05, 0) is 37.0 Å². The lowest BCUT2D eigenvalue weighted by molar-refractivity contribution is 0.0699. The Morgan fingerprint density at radius 3 is 2.75 bits per heavy atom. The van der Waals surface area contributed by atoms with Crippen LogP contribution in [0.1, 0.15) is 23.2 Å². The number of carbonyl (C=O) groups is 1. The molecule has 0 aromatic heterocycles. The van der Waals surface area contributed by atoms with Gasteiger partial charge in [0, 0.05) is 39.4 Å². The second-order valence-corrected chi connectivity index (χ2v) is 5.44. The lowest BCUT2D eigenvalue weighted by atomic mass is 10.0. The Morgan fingerprint density at radius 1 is 1.40 bits per heavy atom. The van der Waals surface area contributed by atoms with Crippen molar-refractivity contribution in [3.8, 4) is 0 Å². The van der Waals surface area contributed by atoms with Crippen molar-refractivity contribution < 1.29 is 9.53 Å². The van der Waals surface area contributed by atoms with Crippen LogP contribution in [0.4, 0.5) is 11.4 Å². The van der Waals surface area contributed by atoms with E-state index in [1.54, 1.807) is 31.1 Å². The van der Waals surface area contributed by atoms with Gasteiger partial charge in [0.05, 0.1) is 11.4 Å². The van der Waals surface area contributed by atoms with Gasteiger partial charge in [-0.15, -0.1) is 0 Å². The molecule has 0 unspecified atom stereocenters. The topological polar surface area (TPSA) is 67.6 Å². The molecule has 20 heavy (non-hydrogen) atoms. The lowest BCUT2D eigenvalue weighted by Crippen LogP contribution is -2.24. The number of hydrogen-bond donors (Lipinski definition) is 2. The number of carbonyl (C=O) groups excluding carboxylic acids is 1. The molecule has 1 heterocycles. The summed E-state index contributed by atoms with van der Waals surface area (Å²) in [4.78, 5) is 13.5. The summed E-state index contributed by atoms with van der Waals surface area (Å²) in [5.74, 6) is 0.593. The largest absolute Gasteiger partial charge is 0.397 e. The number of amides is 1. The van der Waals surface area contributed by atoms with Gasteiger partial charge >= 0.3 is 0 Å². The second-order valence-electron chi connectivity index (χ2n) is 5.44. The van der Waals surface area contributed by atoms with E-state index in [9.17, 15) is 4.79 Å². The molecule has 5 nitrogen and oxygen atoms in total. The van der Waals surface area contributed by atoms with Crippen LogP contribution in [0, 0.1) is 5.92 Å². The molecule has 2 rings (SSSR count). The van der Waals surface area contributed by atoms with Crippen LogP contribution in [0.15, 0.2) is 18.2 Å². The molecular formula is C15H23N3O2. The molecule has 1 fully saturated rings. The smallest absolute Gasteiger partial charge is 0.253 e. The molecule has 110 valence electrons. The van der Waals surface area contributed by atoms with Crippen LogP contribution < -0.4 is 11.1 Å². The van der Waals surface area contributed by atoms with E-state index in [-0.39, 0.29) is 5.91 Å². The number of nitrogen functional groups attached to an aromatic ring is 1. The number of rotatable bonds is 4. The molecule has 1 amide bonds. The van der Waals surface area contributed by atoms with Crippen molar-refractivity contribution >= 4 is 17.3 Å². The fourth-order valence-electron chi connectivity index (χ4n) is 2.31. The van der Waals surface area contributed by atoms with Crippen molar-refractivity contribution in [1.29, 1.82) is 0 Å². The van der Waals surface area contributed by atoms with Crippen LogP contribution in [0.3, 0.4) is 0 Å². The van der Waals surface area contributed by atoms with E-state index < -0.39 is 0 Å². The number of nitrogens with two attached hydrogens (primary N) is 1. The monoisotopic (exact) mass is 277 g/mol. The summed E-state index contributed by atoms with van der Waals surface area (Å²) in [6, 6.07) is 5.37. The fourth-order valence-corrected chi connectivity index (χ4v) is 2.31. The SMILES string of the molecule is CN(C)C(=O)c1ccc(N)c(NCC2CCOCC2)c1. The van der Waals surface area contributed by atoms with Gasteiger partial charge in [-0.1, -0.05) is 0 Å². The van der Waals surface area contributed by atoms with Crippen LogP contribution in [0.5, 0.6) is 0 Å². The Hall–Kier alpha value is -1.75. The first kappa shape index (κ1) is 14.7. The van der Waals surface area contributed by atoms with Crippen molar-refractivity contribution in [2.45, 2.75) is 12.8 Å². The van der Waals surface area contributed by atoms with Crippen LogP contribution in [0.25, 0.3) is 0 Å². The molecule has 5 heteroatoms. The second kappa shape index (κ2) is 6.61. The van der Waals surface area contributed by atoms with Gasteiger partial charge in [0.25, 0.3) is 5.91 Å². The van der Waals surface area contributed by atoms with E-state index in [1.165, 1.54) is 0 Å². The summed E-state index contributed by atoms with van der Waals surface area (Å²) in [7, 11) is 3.49. The Kier molecular flexibility index (Phi) is 4.84. The van der Waals surface area contributed by atoms with E-state index >= 15 is 0 Å². The first-order valence-corrected chi connectivity index (χ1v) is 7.00. The number of nitrogens with zero attached hydrogens (tertiary/aromatic N) is 1. The minimum Gasteiger partial charge on any atom is -0.397 e. The molecular weight excluding hydrogens is 254 g/mol. The van der Waals surface area contributed by atoms with Crippen molar-refractivity contribution in [2.24, 2.45) is 5.92 Å². The van der Waals surface area contributed by atoms with Crippen molar-refractivity contribution in [3.05, 3.63) is 23.8 Å². The summed E-state index contributed by atoms with van der Waals surface area (Å²) >= 11 is 0. The first-order valence-electron chi connectivity index (χ1n) is 7.00. The molecule has 3 N–H and O–H groups in total. The number of benzene rings is 1. The van der Waals surface area contributed by atoms with Gasteiger partial charge in [-0.2, -0.15) is 0 Å². The molecule has 1 saturated heterocycles. The average Bonchev–Trinajstić information content (AvgIpc) is 2.46. The molecule has 0 radical (unpaired) electrons. The number of ether oxygens (including phenoxy) is 1. The maximum atomic E-state index is 12.0. The molecule has 0 spiro atoms. The van der Waals surface area contributed by atoms with Gasteiger partial charge in [0.15, 0.2) is 0 Å². The number of anilines is 2. The summed E-state index contributed by atoms with van der Waals surface area (Å²) in [5, 5.41) is 3.37. The minimum absolute atomic E-state index is 0.0147. The third kappa shape index (κ3) is 3.63. The normalized spacial score (nSPS) is 15.9. The number of hydrogen-bond acceptors (Lipinski definition) is 4. The summed E-state index contributed by atoms with van der Waals surface area (Å²) in [6.07, 6.45) is 2.15. The van der Waals surface area contributed by atoms with Gasteiger partial charge < -0.3 is 20.7 Å². The maximum absolute atomic E-state index is 12.0. The van der Waals surface area contributed by atoms with Gasteiger partial charge in [0.1, 0.15) is 0 Å². The van der Waals surface area contributed by atoms with E-state index in [0.717, 1.165) is 38.3 Å². The molecule has 0 aliphatic carbocycles. The average molecular weight is 277 g/mol. The zero-order valence-electron chi connectivity index (χ0n) is 12.2. The highest BCUT2D eigenvalue weighted by Crippen LogP contribution is 2.22. The third-order valence-corrected chi connectivity index (χ3v) is 3.63. The summed E-state index contributed by atoms with van der Waals surface area (Å²) < 4.78 is 5.35. The highest BCUT2D eigenvalue weighted by Gasteiger charge is 2.15. The molecule has 1 aromatic carbocycles. The van der Waals surface area contributed by atoms with Crippen LogP contribution in [-0.2, 0) is 4.74 Å². The minimum atomic E-state index is -0.0147. The molecule has 1 aliphatic heterocycles. The standard InChI is InChI=1S/C15H23N3O2/c1-18(2)15(19)12-3-4-13(16)14(9-12)17-10-11-5-7-20-8-6-11/h3-4,9,11,17H,5-8,10,16H2,1-2H3. The van der Waals surface area contributed by atoms with E-state index in [4.69, 9.17) is 10.5 Å². The third-order valence-electron chi connectivity index (χ3n) is 3.63. The summed E-state index contributed by atoms with van der Waals surface area (Å²) in [6.45, 7) is 2.54. The molecule has 0 saturated carbocycles. The highest BCUT2D eigenvalue weighted by atomic mass is 16.5. The van der Waals surface area contributed by atoms with E-state index in [1.807, 2.05) is 6.07 Å². The van der Waals surface area contributed by atoms with Crippen LogP contribution in [-0.4, -0.2) is 44.7 Å². The molecule has 0 atom stereocenters. The fraction of sp³-hybridized carbons (Fsp3) is 0.533. The maximum Gasteiger partial charge on any atom is 0.253 e. The lowest BCUT2D eigenvalue weighted by Gasteiger charge is -2.23. The molecule has 1 aromatic rings. The molecule has 0 bridgehead atoms. The van der Waals surface area contributed by atoms with Crippen LogP contribution >= 0.6 is 0 Å². The van der Waals surface area contributed by atoms with Gasteiger partial charge in [0.2, 0.25) is 0 Å². The first-order chi connectivity index (χ1) is 9.58. The van der Waals surface area contributed by atoms with Crippen molar-refractivity contribution in [2.75, 3.05) is 44.9 Å². The zero-order chi connectivity index (χ0) is 14.5. The predicted octanol–water partition coefficient (Wildman–Crippen LogP) is 1.81. The highest BCUT2D eigenvalue weighted by molar-refractivity contribution is 5.95. The predicted molar refractivity (Wildman–Crippen MR) is 80.9 cm³/mol.